The third kappa shape index (κ3) is 4.55. The van der Waals surface area contributed by atoms with Crippen LogP contribution in [0.1, 0.15) is 37.6 Å². The van der Waals surface area contributed by atoms with E-state index in [1.165, 1.54) is 6.07 Å². The van der Waals surface area contributed by atoms with Crippen LogP contribution in [0.2, 0.25) is 5.02 Å². The second-order valence-corrected chi connectivity index (χ2v) is 6.71. The molecule has 1 N–H and O–H groups in total. The van der Waals surface area contributed by atoms with Crippen LogP contribution in [0.15, 0.2) is 24.4 Å². The molecule has 3 nitrogen and oxygen atoms in total. The van der Waals surface area contributed by atoms with Gasteiger partial charge in [0.05, 0.1) is 12.2 Å². The smallest absolute Gasteiger partial charge is 0.128 e. The van der Waals surface area contributed by atoms with Gasteiger partial charge >= 0.3 is 0 Å². The lowest BCUT2D eigenvalue weighted by molar-refractivity contribution is 0.423. The molecular formula is C16H21ClFN3. The molecule has 2 aromatic rings. The Morgan fingerprint density at radius 1 is 1.29 bits per heavy atom. The number of nitrogens with one attached hydrogen (secondary N) is 1. The molecule has 1 heterocycles. The molecule has 1 aromatic heterocycles. The topological polar surface area (TPSA) is 29.9 Å². The Balaban J connectivity index is 2.13. The molecule has 114 valence electrons. The largest absolute Gasteiger partial charge is 0.308 e. The first-order valence-electron chi connectivity index (χ1n) is 6.96. The van der Waals surface area contributed by atoms with Gasteiger partial charge in [-0.3, -0.25) is 4.68 Å². The molecule has 0 saturated carbocycles. The zero-order valence-corrected chi connectivity index (χ0v) is 13.6. The van der Waals surface area contributed by atoms with Crippen LogP contribution >= 0.6 is 11.6 Å². The zero-order chi connectivity index (χ0) is 15.6. The Bertz CT molecular complexity index is 629. The van der Waals surface area contributed by atoms with E-state index in [1.807, 2.05) is 13.1 Å². The van der Waals surface area contributed by atoms with Crippen molar-refractivity contribution in [1.29, 1.82) is 0 Å². The fourth-order valence-electron chi connectivity index (χ4n) is 2.01. The van der Waals surface area contributed by atoms with Crippen molar-refractivity contribution in [3.63, 3.8) is 0 Å². The van der Waals surface area contributed by atoms with E-state index in [1.54, 1.807) is 16.8 Å². The van der Waals surface area contributed by atoms with Gasteiger partial charge < -0.3 is 5.32 Å². The molecule has 0 spiro atoms. The summed E-state index contributed by atoms with van der Waals surface area (Å²) in [7, 11) is 0. The highest BCUT2D eigenvalue weighted by atomic mass is 35.5. The number of aromatic nitrogens is 2. The Morgan fingerprint density at radius 3 is 2.67 bits per heavy atom. The van der Waals surface area contributed by atoms with E-state index < -0.39 is 0 Å². The number of halogens is 2. The van der Waals surface area contributed by atoms with E-state index >= 15 is 0 Å². The van der Waals surface area contributed by atoms with Crippen LogP contribution in [0.5, 0.6) is 0 Å². The van der Waals surface area contributed by atoms with Gasteiger partial charge in [0.25, 0.3) is 0 Å². The van der Waals surface area contributed by atoms with E-state index in [2.05, 4.69) is 31.2 Å². The van der Waals surface area contributed by atoms with E-state index in [9.17, 15) is 4.39 Å². The van der Waals surface area contributed by atoms with Gasteiger partial charge in [0, 0.05) is 34.4 Å². The van der Waals surface area contributed by atoms with Gasteiger partial charge in [-0.2, -0.15) is 5.10 Å². The summed E-state index contributed by atoms with van der Waals surface area (Å²) in [6.07, 6.45) is 1.95. The fraction of sp³-hybridized carbons (Fsp3) is 0.438. The predicted octanol–water partition coefficient (Wildman–Crippen LogP) is 3.92. The summed E-state index contributed by atoms with van der Waals surface area (Å²) >= 11 is 5.91. The molecule has 0 aliphatic rings. The van der Waals surface area contributed by atoms with Crippen LogP contribution in [0.25, 0.3) is 0 Å². The van der Waals surface area contributed by atoms with E-state index in [4.69, 9.17) is 11.6 Å². The zero-order valence-electron chi connectivity index (χ0n) is 12.9. The molecule has 0 saturated heterocycles. The third-order valence-electron chi connectivity index (χ3n) is 3.20. The van der Waals surface area contributed by atoms with Gasteiger partial charge in [0.1, 0.15) is 5.82 Å². The van der Waals surface area contributed by atoms with Crippen molar-refractivity contribution in [2.75, 3.05) is 0 Å². The third-order valence-corrected chi connectivity index (χ3v) is 3.43. The summed E-state index contributed by atoms with van der Waals surface area (Å²) in [4.78, 5) is 0. The van der Waals surface area contributed by atoms with Crippen molar-refractivity contribution in [3.05, 3.63) is 52.1 Å². The average molecular weight is 310 g/mol. The Hall–Kier alpha value is -1.39. The molecule has 2 rings (SSSR count). The fourth-order valence-corrected chi connectivity index (χ4v) is 2.21. The highest BCUT2D eigenvalue weighted by Crippen LogP contribution is 2.17. The van der Waals surface area contributed by atoms with Crippen molar-refractivity contribution in [3.8, 4) is 0 Å². The second kappa shape index (κ2) is 6.16. The molecule has 1 aromatic carbocycles. The Morgan fingerprint density at radius 2 is 2.00 bits per heavy atom. The first-order chi connectivity index (χ1) is 9.74. The maximum Gasteiger partial charge on any atom is 0.128 e. The summed E-state index contributed by atoms with van der Waals surface area (Å²) in [6.45, 7) is 9.44. The van der Waals surface area contributed by atoms with Crippen LogP contribution in [0.4, 0.5) is 4.39 Å². The lowest BCUT2D eigenvalue weighted by atomic mass is 10.1. The Kier molecular flexibility index (Phi) is 4.69. The summed E-state index contributed by atoms with van der Waals surface area (Å²) in [5.41, 5.74) is 2.66. The van der Waals surface area contributed by atoms with Crippen LogP contribution in [0, 0.1) is 12.7 Å². The first kappa shape index (κ1) is 16.0. The first-order valence-corrected chi connectivity index (χ1v) is 7.34. The van der Waals surface area contributed by atoms with Gasteiger partial charge in [-0.1, -0.05) is 11.6 Å². The maximum atomic E-state index is 13.8. The van der Waals surface area contributed by atoms with Crippen molar-refractivity contribution < 1.29 is 4.39 Å². The van der Waals surface area contributed by atoms with Crippen molar-refractivity contribution in [2.24, 2.45) is 0 Å². The standard InChI is InChI=1S/C16H21ClFN3/c1-11-13(8-19-16(2,3)4)10-21(20-11)9-12-7-14(17)5-6-15(12)18/h5-7,10,19H,8-9H2,1-4H3. The lowest BCUT2D eigenvalue weighted by Crippen LogP contribution is -2.35. The van der Waals surface area contributed by atoms with Gasteiger partial charge in [-0.05, 0) is 45.9 Å². The van der Waals surface area contributed by atoms with E-state index in [-0.39, 0.29) is 11.4 Å². The van der Waals surface area contributed by atoms with Gasteiger partial charge in [0.15, 0.2) is 0 Å². The normalized spacial score (nSPS) is 11.9. The van der Waals surface area contributed by atoms with Gasteiger partial charge in [0.2, 0.25) is 0 Å². The molecule has 21 heavy (non-hydrogen) atoms. The number of nitrogens with zero attached hydrogens (tertiary/aromatic N) is 2. The average Bonchev–Trinajstić information content (AvgIpc) is 2.71. The van der Waals surface area contributed by atoms with Crippen LogP contribution in [0.3, 0.4) is 0 Å². The molecule has 0 unspecified atom stereocenters. The summed E-state index contributed by atoms with van der Waals surface area (Å²) in [5, 5.41) is 8.40. The van der Waals surface area contributed by atoms with Crippen molar-refractivity contribution >= 4 is 11.6 Å². The van der Waals surface area contributed by atoms with E-state index in [0.29, 0.717) is 17.1 Å². The van der Waals surface area contributed by atoms with Gasteiger partial charge in [-0.15, -0.1) is 0 Å². The molecule has 0 amide bonds. The second-order valence-electron chi connectivity index (χ2n) is 6.28. The number of rotatable bonds is 4. The molecule has 0 radical (unpaired) electrons. The van der Waals surface area contributed by atoms with Crippen LogP contribution in [-0.2, 0) is 13.1 Å². The number of hydrogen-bond donors (Lipinski definition) is 1. The minimum Gasteiger partial charge on any atom is -0.308 e. The maximum absolute atomic E-state index is 13.8. The summed E-state index contributed by atoms with van der Waals surface area (Å²) < 4.78 is 15.5. The summed E-state index contributed by atoms with van der Waals surface area (Å²) in [6, 6.07) is 4.57. The van der Waals surface area contributed by atoms with Crippen LogP contribution in [-0.4, -0.2) is 15.3 Å². The predicted molar refractivity (Wildman–Crippen MR) is 84.1 cm³/mol. The highest BCUT2D eigenvalue weighted by molar-refractivity contribution is 6.30. The SMILES string of the molecule is Cc1nn(Cc2cc(Cl)ccc2F)cc1CNC(C)(C)C. The molecule has 5 heteroatoms. The highest BCUT2D eigenvalue weighted by Gasteiger charge is 2.12. The molecule has 0 atom stereocenters. The van der Waals surface area contributed by atoms with Crippen LogP contribution < -0.4 is 5.32 Å². The molecule has 0 aliphatic heterocycles. The minimum absolute atomic E-state index is 0.0492. The summed E-state index contributed by atoms with van der Waals surface area (Å²) in [5.74, 6) is -0.262. The lowest BCUT2D eigenvalue weighted by Gasteiger charge is -2.20. The van der Waals surface area contributed by atoms with Crippen molar-refractivity contribution in [1.82, 2.24) is 15.1 Å². The Labute approximate surface area is 130 Å². The minimum atomic E-state index is -0.262. The van der Waals surface area contributed by atoms with Gasteiger partial charge in [-0.25, -0.2) is 4.39 Å². The quantitative estimate of drug-likeness (QED) is 0.927. The number of aryl methyl sites for hydroxylation is 1. The molecule has 0 bridgehead atoms. The van der Waals surface area contributed by atoms with Crippen molar-refractivity contribution in [2.45, 2.75) is 46.3 Å². The molecule has 0 fully saturated rings. The van der Waals surface area contributed by atoms with E-state index in [0.717, 1.165) is 17.8 Å². The number of hydrogen-bond acceptors (Lipinski definition) is 2. The monoisotopic (exact) mass is 309 g/mol. The molecular weight excluding hydrogens is 289 g/mol. The number of benzene rings is 1. The molecule has 0 aliphatic carbocycles.